The average molecular weight is 500 g/mol. The van der Waals surface area contributed by atoms with Gasteiger partial charge in [-0.15, -0.1) is 5.10 Å². The molecule has 182 valence electrons. The molecular formula is C27H26ClN7O. The van der Waals surface area contributed by atoms with Gasteiger partial charge >= 0.3 is 0 Å². The number of nitrogens with two attached hydrogens (primary N) is 1. The van der Waals surface area contributed by atoms with Crippen molar-refractivity contribution < 1.29 is 0 Å². The van der Waals surface area contributed by atoms with Crippen LogP contribution in [0.25, 0.3) is 16.3 Å². The molecule has 0 bridgehead atoms. The van der Waals surface area contributed by atoms with E-state index < -0.39 is 0 Å². The second-order valence-corrected chi connectivity index (χ2v) is 9.69. The third-order valence-electron chi connectivity index (χ3n) is 6.86. The molecule has 0 radical (unpaired) electrons. The number of benzene rings is 2. The Kier molecular flexibility index (Phi) is 5.91. The van der Waals surface area contributed by atoms with Crippen LogP contribution in [0.4, 0.5) is 5.82 Å². The van der Waals surface area contributed by atoms with Crippen molar-refractivity contribution >= 4 is 33.7 Å². The Hall–Kier alpha value is -3.75. The molecule has 2 aromatic carbocycles. The van der Waals surface area contributed by atoms with Crippen LogP contribution in [-0.2, 0) is 13.0 Å². The van der Waals surface area contributed by atoms with Crippen LogP contribution in [0.1, 0.15) is 29.7 Å². The van der Waals surface area contributed by atoms with Crippen LogP contribution in [-0.4, -0.2) is 43.5 Å². The van der Waals surface area contributed by atoms with E-state index in [9.17, 15) is 4.79 Å². The van der Waals surface area contributed by atoms with Gasteiger partial charge in [-0.05, 0) is 35.9 Å². The monoisotopic (exact) mass is 499 g/mol. The number of hydrogen-bond donors (Lipinski definition) is 1. The van der Waals surface area contributed by atoms with E-state index in [1.165, 1.54) is 4.68 Å². The second kappa shape index (κ2) is 9.37. The van der Waals surface area contributed by atoms with Crippen LogP contribution in [0.5, 0.6) is 0 Å². The first-order chi connectivity index (χ1) is 17.6. The number of piperidine rings is 1. The van der Waals surface area contributed by atoms with Gasteiger partial charge in [0.1, 0.15) is 11.8 Å². The average Bonchev–Trinajstić information content (AvgIpc) is 3.26. The van der Waals surface area contributed by atoms with Crippen molar-refractivity contribution in [2.45, 2.75) is 31.8 Å². The summed E-state index contributed by atoms with van der Waals surface area (Å²) in [5.41, 5.74) is 9.14. The van der Waals surface area contributed by atoms with Gasteiger partial charge in [-0.25, -0.2) is 9.20 Å². The normalized spacial score (nSPS) is 16.2. The Morgan fingerprint density at radius 1 is 1.08 bits per heavy atom. The molecular weight excluding hydrogens is 474 g/mol. The van der Waals surface area contributed by atoms with Crippen molar-refractivity contribution in [1.29, 1.82) is 0 Å². The minimum absolute atomic E-state index is 0.0731. The van der Waals surface area contributed by atoms with E-state index in [2.05, 4.69) is 15.0 Å². The molecule has 0 aliphatic carbocycles. The van der Waals surface area contributed by atoms with Crippen molar-refractivity contribution in [2.75, 3.05) is 18.0 Å². The molecule has 0 unspecified atom stereocenters. The van der Waals surface area contributed by atoms with E-state index in [1.54, 1.807) is 17.0 Å². The maximum absolute atomic E-state index is 13.9. The number of anilines is 1. The number of hydrogen-bond acceptors (Lipinski definition) is 6. The van der Waals surface area contributed by atoms with E-state index in [0.29, 0.717) is 23.5 Å². The minimum Gasteiger partial charge on any atom is -0.353 e. The Balaban J connectivity index is 1.49. The van der Waals surface area contributed by atoms with Gasteiger partial charge in [-0.3, -0.25) is 9.78 Å². The summed E-state index contributed by atoms with van der Waals surface area (Å²) in [6.07, 6.45) is 5.81. The molecule has 2 N–H and O–H groups in total. The largest absolute Gasteiger partial charge is 0.353 e. The lowest BCUT2D eigenvalue weighted by Gasteiger charge is -2.31. The van der Waals surface area contributed by atoms with Gasteiger partial charge < -0.3 is 10.6 Å². The summed E-state index contributed by atoms with van der Waals surface area (Å²) < 4.78 is 3.06. The second-order valence-electron chi connectivity index (χ2n) is 9.28. The molecule has 6 rings (SSSR count). The maximum Gasteiger partial charge on any atom is 0.293 e. The van der Waals surface area contributed by atoms with Crippen LogP contribution in [0.2, 0.25) is 5.02 Å². The predicted molar refractivity (Wildman–Crippen MR) is 142 cm³/mol. The van der Waals surface area contributed by atoms with Crippen LogP contribution in [0.3, 0.4) is 0 Å². The standard InChI is InChI=1S/C27H26ClN7O/c28-23-10-4-2-7-19(23)14-22-25-27(36)34(16-24-21-9-3-1-6-18(21)11-12-30-24)31-17-35(25)32-26(22)33-13-5-8-20(29)15-33/h1-4,6-7,9-12,17,20H,5,8,13-16,29H2/t20-/m1/s1. The SMILES string of the molecule is N[C@@H]1CCCN(c2nn3cnn(Cc4nccc5ccccc45)c(=O)c3c2Cc2ccccc2Cl)C1. The highest BCUT2D eigenvalue weighted by atomic mass is 35.5. The summed E-state index contributed by atoms with van der Waals surface area (Å²) in [5.74, 6) is 0.769. The molecule has 0 spiro atoms. The first-order valence-corrected chi connectivity index (χ1v) is 12.5. The third-order valence-corrected chi connectivity index (χ3v) is 7.23. The maximum atomic E-state index is 13.9. The van der Waals surface area contributed by atoms with Gasteiger partial charge in [-0.1, -0.05) is 54.1 Å². The van der Waals surface area contributed by atoms with Crippen molar-refractivity contribution in [2.24, 2.45) is 5.73 Å². The van der Waals surface area contributed by atoms with E-state index >= 15 is 0 Å². The zero-order chi connectivity index (χ0) is 24.6. The summed E-state index contributed by atoms with van der Waals surface area (Å²) >= 11 is 6.52. The number of halogens is 1. The first-order valence-electron chi connectivity index (χ1n) is 12.1. The van der Waals surface area contributed by atoms with Crippen LogP contribution in [0.15, 0.2) is 71.9 Å². The number of rotatable bonds is 5. The molecule has 1 saturated heterocycles. The number of fused-ring (bicyclic) bond motifs is 2. The van der Waals surface area contributed by atoms with Gasteiger partial charge in [-0.2, -0.15) is 5.10 Å². The number of aromatic nitrogens is 5. The fraction of sp³-hybridized carbons (Fsp3) is 0.259. The molecule has 0 amide bonds. The number of nitrogens with zero attached hydrogens (tertiary/aromatic N) is 6. The Morgan fingerprint density at radius 3 is 2.78 bits per heavy atom. The molecule has 1 fully saturated rings. The molecule has 3 aromatic heterocycles. The fourth-order valence-electron chi connectivity index (χ4n) is 5.07. The first kappa shape index (κ1) is 22.7. The van der Waals surface area contributed by atoms with Gasteiger partial charge in [0.05, 0.1) is 12.2 Å². The highest BCUT2D eigenvalue weighted by Crippen LogP contribution is 2.29. The summed E-state index contributed by atoms with van der Waals surface area (Å²) in [7, 11) is 0. The zero-order valence-corrected chi connectivity index (χ0v) is 20.5. The van der Waals surface area contributed by atoms with Gasteiger partial charge in [0.2, 0.25) is 0 Å². The Labute approximate surface area is 212 Å². The van der Waals surface area contributed by atoms with E-state index in [0.717, 1.165) is 52.8 Å². The van der Waals surface area contributed by atoms with Crippen molar-refractivity contribution in [3.05, 3.63) is 99.3 Å². The van der Waals surface area contributed by atoms with Crippen LogP contribution in [0, 0.1) is 0 Å². The molecule has 36 heavy (non-hydrogen) atoms. The molecule has 4 heterocycles. The third kappa shape index (κ3) is 4.12. The van der Waals surface area contributed by atoms with Crippen molar-refractivity contribution in [3.8, 4) is 0 Å². The van der Waals surface area contributed by atoms with E-state index in [4.69, 9.17) is 22.4 Å². The molecule has 5 aromatic rings. The highest BCUT2D eigenvalue weighted by molar-refractivity contribution is 6.31. The quantitative estimate of drug-likeness (QED) is 0.396. The van der Waals surface area contributed by atoms with E-state index in [1.807, 2.05) is 54.6 Å². The van der Waals surface area contributed by atoms with Gasteiger partial charge in [0.15, 0.2) is 5.82 Å². The summed E-state index contributed by atoms with van der Waals surface area (Å²) in [6.45, 7) is 1.80. The Morgan fingerprint density at radius 2 is 1.92 bits per heavy atom. The van der Waals surface area contributed by atoms with E-state index in [-0.39, 0.29) is 18.1 Å². The van der Waals surface area contributed by atoms with Crippen molar-refractivity contribution in [1.82, 2.24) is 24.4 Å². The summed E-state index contributed by atoms with van der Waals surface area (Å²) in [5, 5.41) is 12.0. The molecule has 9 heteroatoms. The number of pyridine rings is 1. The smallest absolute Gasteiger partial charge is 0.293 e. The minimum atomic E-state index is -0.214. The molecule has 8 nitrogen and oxygen atoms in total. The Bertz CT molecular complexity index is 1620. The van der Waals surface area contributed by atoms with Crippen LogP contribution >= 0.6 is 11.6 Å². The fourth-order valence-corrected chi connectivity index (χ4v) is 5.27. The lowest BCUT2D eigenvalue weighted by molar-refractivity contribution is 0.501. The summed E-state index contributed by atoms with van der Waals surface area (Å²) in [6, 6.07) is 17.8. The van der Waals surface area contributed by atoms with Crippen LogP contribution < -0.4 is 16.2 Å². The van der Waals surface area contributed by atoms with Crippen molar-refractivity contribution in [3.63, 3.8) is 0 Å². The molecule has 1 aliphatic heterocycles. The zero-order valence-electron chi connectivity index (χ0n) is 19.7. The molecule has 0 saturated carbocycles. The van der Waals surface area contributed by atoms with Gasteiger partial charge in [0, 0.05) is 47.7 Å². The summed E-state index contributed by atoms with van der Waals surface area (Å²) in [4.78, 5) is 20.6. The predicted octanol–water partition coefficient (Wildman–Crippen LogP) is 3.66. The molecule has 1 aliphatic rings. The van der Waals surface area contributed by atoms with Gasteiger partial charge in [0.25, 0.3) is 5.56 Å². The lowest BCUT2D eigenvalue weighted by atomic mass is 10.0. The topological polar surface area (TPSA) is 94.3 Å². The molecule has 1 atom stereocenters. The highest BCUT2D eigenvalue weighted by Gasteiger charge is 2.26. The lowest BCUT2D eigenvalue weighted by Crippen LogP contribution is -2.43.